The van der Waals surface area contributed by atoms with E-state index < -0.39 is 0 Å². The van der Waals surface area contributed by atoms with Crippen LogP contribution < -0.4 is 15.4 Å². The molecule has 0 saturated heterocycles. The summed E-state index contributed by atoms with van der Waals surface area (Å²) >= 11 is 0. The fourth-order valence-electron chi connectivity index (χ4n) is 2.91. The molecule has 2 N–H and O–H groups in total. The monoisotopic (exact) mass is 276 g/mol. The second-order valence-corrected chi connectivity index (χ2v) is 6.02. The molecule has 2 aliphatic rings. The van der Waals surface area contributed by atoms with E-state index in [2.05, 4.69) is 27.5 Å². The number of hydrogen-bond donors (Lipinski definition) is 2. The van der Waals surface area contributed by atoms with Gasteiger partial charge in [0.1, 0.15) is 6.33 Å². The quantitative estimate of drug-likeness (QED) is 0.764. The Labute approximate surface area is 120 Å². The van der Waals surface area contributed by atoms with Crippen molar-refractivity contribution < 1.29 is 4.74 Å². The molecule has 2 fully saturated rings. The molecule has 0 atom stereocenters. The highest BCUT2D eigenvalue weighted by Crippen LogP contribution is 2.61. The first-order valence-electron chi connectivity index (χ1n) is 7.66. The highest BCUT2D eigenvalue weighted by atomic mass is 16.5. The first kappa shape index (κ1) is 13.5. The van der Waals surface area contributed by atoms with E-state index in [1.165, 1.54) is 25.7 Å². The first-order chi connectivity index (χ1) is 9.79. The summed E-state index contributed by atoms with van der Waals surface area (Å²) in [6.45, 7) is 4.03. The summed E-state index contributed by atoms with van der Waals surface area (Å²) in [6.07, 6.45) is 8.19. The zero-order chi connectivity index (χ0) is 14.0. The number of methoxy groups -OCH3 is 1. The maximum absolute atomic E-state index is 5.49. The summed E-state index contributed by atoms with van der Waals surface area (Å²) < 4.78 is 5.49. The molecule has 0 aromatic carbocycles. The van der Waals surface area contributed by atoms with Crippen LogP contribution in [0.15, 0.2) is 6.33 Å². The molecule has 0 bridgehead atoms. The summed E-state index contributed by atoms with van der Waals surface area (Å²) in [5.74, 6) is 3.27. The standard InChI is InChI=1S/C15H24N4O/c1-3-8-16-13-12(20-2)14(19-10-18-13)17-9-15(6-7-15)11-4-5-11/h10-11H,3-9H2,1-2H3,(H2,16,17,18,19). The number of aromatic nitrogens is 2. The molecule has 1 aromatic rings. The molecule has 110 valence electrons. The molecule has 20 heavy (non-hydrogen) atoms. The third-order valence-electron chi connectivity index (χ3n) is 4.49. The molecule has 3 rings (SSSR count). The van der Waals surface area contributed by atoms with Crippen LogP contribution in [0.2, 0.25) is 0 Å². The van der Waals surface area contributed by atoms with Crippen LogP contribution in [0.3, 0.4) is 0 Å². The highest BCUT2D eigenvalue weighted by molar-refractivity contribution is 5.63. The van der Waals surface area contributed by atoms with E-state index in [4.69, 9.17) is 4.74 Å². The van der Waals surface area contributed by atoms with Gasteiger partial charge in [0.25, 0.3) is 0 Å². The van der Waals surface area contributed by atoms with Gasteiger partial charge in [0.15, 0.2) is 11.6 Å². The average Bonchev–Trinajstić information content (AvgIpc) is 3.35. The predicted octanol–water partition coefficient (Wildman–Crippen LogP) is 2.91. The van der Waals surface area contributed by atoms with Crippen LogP contribution in [0.25, 0.3) is 0 Å². The van der Waals surface area contributed by atoms with Gasteiger partial charge in [0.05, 0.1) is 7.11 Å². The first-order valence-corrected chi connectivity index (χ1v) is 7.66. The van der Waals surface area contributed by atoms with Crippen molar-refractivity contribution in [2.75, 3.05) is 30.8 Å². The second kappa shape index (κ2) is 5.46. The molecule has 2 saturated carbocycles. The van der Waals surface area contributed by atoms with Crippen LogP contribution in [-0.2, 0) is 0 Å². The van der Waals surface area contributed by atoms with Crippen LogP contribution >= 0.6 is 0 Å². The fourth-order valence-corrected chi connectivity index (χ4v) is 2.91. The normalized spacial score (nSPS) is 19.5. The molecule has 0 unspecified atom stereocenters. The van der Waals surface area contributed by atoms with Crippen molar-refractivity contribution in [3.8, 4) is 5.75 Å². The molecule has 0 amide bonds. The van der Waals surface area contributed by atoms with Gasteiger partial charge in [-0.25, -0.2) is 9.97 Å². The Morgan fingerprint density at radius 3 is 2.50 bits per heavy atom. The number of hydrogen-bond acceptors (Lipinski definition) is 5. The van der Waals surface area contributed by atoms with Gasteiger partial charge >= 0.3 is 0 Å². The van der Waals surface area contributed by atoms with Crippen molar-refractivity contribution in [1.82, 2.24) is 9.97 Å². The summed E-state index contributed by atoms with van der Waals surface area (Å²) in [5, 5.41) is 6.78. The molecule has 0 spiro atoms. The van der Waals surface area contributed by atoms with Gasteiger partial charge in [0, 0.05) is 13.1 Å². The molecule has 0 radical (unpaired) electrons. The van der Waals surface area contributed by atoms with Gasteiger partial charge in [0.2, 0.25) is 5.75 Å². The molecule has 1 aromatic heterocycles. The third kappa shape index (κ3) is 2.67. The van der Waals surface area contributed by atoms with Crippen LogP contribution in [0.1, 0.15) is 39.0 Å². The van der Waals surface area contributed by atoms with Gasteiger partial charge in [-0.2, -0.15) is 0 Å². The van der Waals surface area contributed by atoms with Crippen molar-refractivity contribution in [3.63, 3.8) is 0 Å². The van der Waals surface area contributed by atoms with Gasteiger partial charge in [-0.05, 0) is 43.4 Å². The highest BCUT2D eigenvalue weighted by Gasteiger charge is 2.53. The van der Waals surface area contributed by atoms with E-state index in [-0.39, 0.29) is 0 Å². The Morgan fingerprint density at radius 1 is 1.25 bits per heavy atom. The third-order valence-corrected chi connectivity index (χ3v) is 4.49. The van der Waals surface area contributed by atoms with Crippen molar-refractivity contribution in [1.29, 1.82) is 0 Å². The Morgan fingerprint density at radius 2 is 1.95 bits per heavy atom. The van der Waals surface area contributed by atoms with Gasteiger partial charge < -0.3 is 15.4 Å². The van der Waals surface area contributed by atoms with E-state index in [1.54, 1.807) is 13.4 Å². The minimum atomic E-state index is 0.549. The van der Waals surface area contributed by atoms with Crippen molar-refractivity contribution in [3.05, 3.63) is 6.33 Å². The number of nitrogens with one attached hydrogen (secondary N) is 2. The summed E-state index contributed by atoms with van der Waals surface area (Å²) in [6, 6.07) is 0. The maximum atomic E-state index is 5.49. The van der Waals surface area contributed by atoms with Crippen LogP contribution in [0.5, 0.6) is 5.75 Å². The average molecular weight is 276 g/mol. The predicted molar refractivity (Wildman–Crippen MR) is 80.2 cm³/mol. The second-order valence-electron chi connectivity index (χ2n) is 6.02. The van der Waals surface area contributed by atoms with Crippen LogP contribution in [0, 0.1) is 11.3 Å². The van der Waals surface area contributed by atoms with Crippen LogP contribution in [0.4, 0.5) is 11.6 Å². The minimum absolute atomic E-state index is 0.549. The SMILES string of the molecule is CCCNc1ncnc(NCC2(C3CC3)CC2)c1OC. The fraction of sp³-hybridized carbons (Fsp3) is 0.733. The number of rotatable bonds is 8. The van der Waals surface area contributed by atoms with E-state index in [9.17, 15) is 0 Å². The van der Waals surface area contributed by atoms with Crippen molar-refractivity contribution in [2.24, 2.45) is 11.3 Å². The number of anilines is 2. The smallest absolute Gasteiger partial charge is 0.204 e. The minimum Gasteiger partial charge on any atom is -0.490 e. The van der Waals surface area contributed by atoms with Crippen molar-refractivity contribution in [2.45, 2.75) is 39.0 Å². The Bertz CT molecular complexity index is 469. The Balaban J connectivity index is 1.68. The number of ether oxygens (including phenoxy) is 1. The van der Waals surface area contributed by atoms with E-state index >= 15 is 0 Å². The lowest BCUT2D eigenvalue weighted by molar-refractivity contribution is 0.412. The summed E-state index contributed by atoms with van der Waals surface area (Å²) in [5.41, 5.74) is 0.549. The zero-order valence-corrected chi connectivity index (χ0v) is 12.4. The molecular formula is C15H24N4O. The summed E-state index contributed by atoms with van der Waals surface area (Å²) in [4.78, 5) is 8.61. The lowest BCUT2D eigenvalue weighted by Crippen LogP contribution is -2.19. The van der Waals surface area contributed by atoms with E-state index in [1.807, 2.05) is 0 Å². The summed E-state index contributed by atoms with van der Waals surface area (Å²) in [7, 11) is 1.68. The van der Waals surface area contributed by atoms with Crippen LogP contribution in [-0.4, -0.2) is 30.2 Å². The molecule has 2 aliphatic carbocycles. The lowest BCUT2D eigenvalue weighted by atomic mass is 10.0. The van der Waals surface area contributed by atoms with E-state index in [0.29, 0.717) is 5.41 Å². The Kier molecular flexibility index (Phi) is 3.68. The van der Waals surface area contributed by atoms with Crippen molar-refractivity contribution >= 4 is 11.6 Å². The maximum Gasteiger partial charge on any atom is 0.204 e. The van der Waals surface area contributed by atoms with Gasteiger partial charge in [-0.1, -0.05) is 6.92 Å². The Hall–Kier alpha value is -1.52. The van der Waals surface area contributed by atoms with E-state index in [0.717, 1.165) is 42.8 Å². The molecule has 5 heteroatoms. The molecule has 5 nitrogen and oxygen atoms in total. The number of nitrogens with zero attached hydrogens (tertiary/aromatic N) is 2. The topological polar surface area (TPSA) is 59.1 Å². The van der Waals surface area contributed by atoms with Gasteiger partial charge in [-0.3, -0.25) is 0 Å². The molecule has 0 aliphatic heterocycles. The lowest BCUT2D eigenvalue weighted by Gasteiger charge is -2.18. The van der Waals surface area contributed by atoms with Gasteiger partial charge in [-0.15, -0.1) is 0 Å². The molecule has 1 heterocycles. The zero-order valence-electron chi connectivity index (χ0n) is 12.4. The largest absolute Gasteiger partial charge is 0.490 e. The molecular weight excluding hydrogens is 252 g/mol.